The number of esters is 1. The summed E-state index contributed by atoms with van der Waals surface area (Å²) in [7, 11) is 0. The molecule has 0 saturated carbocycles. The van der Waals surface area contributed by atoms with Gasteiger partial charge in [0, 0.05) is 15.5 Å². The Labute approximate surface area is 160 Å². The van der Waals surface area contributed by atoms with E-state index in [4.69, 9.17) is 16.3 Å². The Balaban J connectivity index is 2.17. The maximum atomic E-state index is 13.1. The van der Waals surface area contributed by atoms with Crippen LogP contribution in [0.25, 0.3) is 21.3 Å². The van der Waals surface area contributed by atoms with Gasteiger partial charge in [-0.05, 0) is 45.4 Å². The van der Waals surface area contributed by atoms with Gasteiger partial charge in [-0.1, -0.05) is 23.7 Å². The summed E-state index contributed by atoms with van der Waals surface area (Å²) in [5.74, 6) is -0.455. The lowest BCUT2D eigenvalue weighted by Gasteiger charge is -2.16. The van der Waals surface area contributed by atoms with Gasteiger partial charge in [0.05, 0.1) is 17.8 Å². The first-order valence-corrected chi connectivity index (χ1v) is 9.45. The van der Waals surface area contributed by atoms with Crippen LogP contribution in [0.2, 0.25) is 5.02 Å². The van der Waals surface area contributed by atoms with Gasteiger partial charge in [-0.2, -0.15) is 0 Å². The van der Waals surface area contributed by atoms with E-state index < -0.39 is 12.0 Å². The summed E-state index contributed by atoms with van der Waals surface area (Å²) >= 11 is 7.44. The number of nitrogens with zero attached hydrogens (tertiary/aromatic N) is 2. The highest BCUT2D eigenvalue weighted by Crippen LogP contribution is 2.36. The second-order valence-corrected chi connectivity index (χ2v) is 7.98. The third kappa shape index (κ3) is 3.39. The number of aromatic nitrogens is 2. The smallest absolute Gasteiger partial charge is 0.329 e. The van der Waals surface area contributed by atoms with Crippen molar-refractivity contribution in [3.63, 3.8) is 0 Å². The van der Waals surface area contributed by atoms with Crippen molar-refractivity contribution in [3.8, 4) is 11.1 Å². The van der Waals surface area contributed by atoms with E-state index in [1.165, 1.54) is 22.2 Å². The zero-order chi connectivity index (χ0) is 19.0. The van der Waals surface area contributed by atoms with Crippen LogP contribution >= 0.6 is 22.9 Å². The highest BCUT2D eigenvalue weighted by atomic mass is 35.5. The fourth-order valence-electron chi connectivity index (χ4n) is 2.80. The van der Waals surface area contributed by atoms with Crippen LogP contribution in [0.4, 0.5) is 0 Å². The summed E-state index contributed by atoms with van der Waals surface area (Å²) in [5.41, 5.74) is 1.47. The number of rotatable bonds is 4. The Morgan fingerprint density at radius 1 is 1.23 bits per heavy atom. The molecule has 0 spiro atoms. The van der Waals surface area contributed by atoms with E-state index in [1.54, 1.807) is 32.9 Å². The van der Waals surface area contributed by atoms with E-state index in [0.717, 1.165) is 16.0 Å². The molecule has 1 atom stereocenters. The molecule has 3 aromatic rings. The molecule has 0 bridgehead atoms. The van der Waals surface area contributed by atoms with Crippen molar-refractivity contribution in [2.45, 2.75) is 39.8 Å². The molecule has 1 aromatic carbocycles. The van der Waals surface area contributed by atoms with Crippen LogP contribution in [0, 0.1) is 6.92 Å². The molecule has 2 aromatic heterocycles. The van der Waals surface area contributed by atoms with Gasteiger partial charge >= 0.3 is 5.97 Å². The van der Waals surface area contributed by atoms with Gasteiger partial charge in [0.2, 0.25) is 0 Å². The maximum absolute atomic E-state index is 13.1. The van der Waals surface area contributed by atoms with Crippen LogP contribution in [-0.4, -0.2) is 21.6 Å². The average molecular weight is 391 g/mol. The molecular weight excluding hydrogens is 372 g/mol. The van der Waals surface area contributed by atoms with Gasteiger partial charge in [-0.15, -0.1) is 11.3 Å². The third-order valence-electron chi connectivity index (χ3n) is 4.06. The second-order valence-electron chi connectivity index (χ2n) is 6.34. The number of carbonyl (C=O) groups excluding carboxylic acids is 1. The molecule has 136 valence electrons. The standard InChI is InChI=1S/C19H19ClN2O3S/c1-10(2)25-19(24)11(3)22-9-21-17-16(18(22)23)15(12(4)26-17)13-5-7-14(20)8-6-13/h5-11H,1-4H3/t11-/m1/s1. The topological polar surface area (TPSA) is 61.2 Å². The number of fused-ring (bicyclic) bond motifs is 1. The fourth-order valence-corrected chi connectivity index (χ4v) is 3.93. The molecule has 0 amide bonds. The van der Waals surface area contributed by atoms with Crippen molar-refractivity contribution >= 4 is 39.1 Å². The third-order valence-corrected chi connectivity index (χ3v) is 5.32. The summed E-state index contributed by atoms with van der Waals surface area (Å²) < 4.78 is 6.56. The van der Waals surface area contributed by atoms with Crippen LogP contribution in [0.5, 0.6) is 0 Å². The predicted octanol–water partition coefficient (Wildman–Crippen LogP) is 4.60. The minimum atomic E-state index is -0.750. The Hall–Kier alpha value is -2.18. The summed E-state index contributed by atoms with van der Waals surface area (Å²) in [5, 5.41) is 1.15. The minimum absolute atomic E-state index is 0.245. The van der Waals surface area contributed by atoms with Gasteiger partial charge in [0.1, 0.15) is 10.9 Å². The number of benzene rings is 1. The van der Waals surface area contributed by atoms with E-state index in [1.807, 2.05) is 19.1 Å². The number of hydrogen-bond donors (Lipinski definition) is 0. The van der Waals surface area contributed by atoms with Crippen molar-refractivity contribution in [1.29, 1.82) is 0 Å². The Morgan fingerprint density at radius 2 is 1.88 bits per heavy atom. The number of ether oxygens (including phenoxy) is 1. The van der Waals surface area contributed by atoms with E-state index in [-0.39, 0.29) is 11.7 Å². The highest BCUT2D eigenvalue weighted by molar-refractivity contribution is 7.19. The van der Waals surface area contributed by atoms with Crippen molar-refractivity contribution in [2.75, 3.05) is 0 Å². The monoisotopic (exact) mass is 390 g/mol. The first-order valence-electron chi connectivity index (χ1n) is 8.26. The molecule has 26 heavy (non-hydrogen) atoms. The molecular formula is C19H19ClN2O3S. The molecule has 0 radical (unpaired) electrons. The summed E-state index contributed by atoms with van der Waals surface area (Å²) in [4.78, 5) is 31.4. The molecule has 0 N–H and O–H groups in total. The SMILES string of the molecule is Cc1sc2ncn([C@H](C)C(=O)OC(C)C)c(=O)c2c1-c1ccc(Cl)cc1. The Morgan fingerprint density at radius 3 is 2.50 bits per heavy atom. The minimum Gasteiger partial charge on any atom is -0.461 e. The number of thiophene rings is 1. The molecule has 0 unspecified atom stereocenters. The van der Waals surface area contributed by atoms with Gasteiger partial charge in [-0.25, -0.2) is 9.78 Å². The maximum Gasteiger partial charge on any atom is 0.329 e. The summed E-state index contributed by atoms with van der Waals surface area (Å²) in [6.07, 6.45) is 1.17. The highest BCUT2D eigenvalue weighted by Gasteiger charge is 2.23. The van der Waals surface area contributed by atoms with Crippen molar-refractivity contribution in [2.24, 2.45) is 0 Å². The van der Waals surface area contributed by atoms with Crippen LogP contribution in [-0.2, 0) is 9.53 Å². The number of aryl methyl sites for hydroxylation is 1. The normalized spacial score (nSPS) is 12.5. The van der Waals surface area contributed by atoms with Crippen LogP contribution < -0.4 is 5.56 Å². The van der Waals surface area contributed by atoms with Crippen molar-refractivity contribution in [3.05, 3.63) is 50.8 Å². The number of carbonyl (C=O) groups is 1. The second kappa shape index (κ2) is 7.21. The lowest BCUT2D eigenvalue weighted by Crippen LogP contribution is -2.30. The lowest BCUT2D eigenvalue weighted by atomic mass is 10.0. The molecule has 0 aliphatic carbocycles. The quantitative estimate of drug-likeness (QED) is 0.611. The predicted molar refractivity (Wildman–Crippen MR) is 105 cm³/mol. The largest absolute Gasteiger partial charge is 0.461 e. The molecule has 0 saturated heterocycles. The van der Waals surface area contributed by atoms with Gasteiger partial charge in [0.25, 0.3) is 5.56 Å². The van der Waals surface area contributed by atoms with Gasteiger partial charge in [0.15, 0.2) is 0 Å². The Kier molecular flexibility index (Phi) is 5.16. The van der Waals surface area contributed by atoms with Crippen molar-refractivity contribution < 1.29 is 9.53 Å². The Bertz CT molecular complexity index is 1020. The number of halogens is 1. The average Bonchev–Trinajstić information content (AvgIpc) is 2.92. The molecule has 3 rings (SSSR count). The van der Waals surface area contributed by atoms with Crippen LogP contribution in [0.15, 0.2) is 35.4 Å². The molecule has 5 nitrogen and oxygen atoms in total. The molecule has 7 heteroatoms. The first kappa shape index (κ1) is 18.6. The van der Waals surface area contributed by atoms with E-state index >= 15 is 0 Å². The van der Waals surface area contributed by atoms with E-state index in [2.05, 4.69) is 4.98 Å². The van der Waals surface area contributed by atoms with Gasteiger partial charge in [-0.3, -0.25) is 9.36 Å². The summed E-state index contributed by atoms with van der Waals surface area (Å²) in [6, 6.07) is 6.59. The molecule has 2 heterocycles. The molecule has 0 fully saturated rings. The summed E-state index contributed by atoms with van der Waals surface area (Å²) in [6.45, 7) is 7.14. The zero-order valence-corrected chi connectivity index (χ0v) is 16.5. The van der Waals surface area contributed by atoms with Gasteiger partial charge < -0.3 is 4.74 Å². The molecule has 0 aliphatic heterocycles. The van der Waals surface area contributed by atoms with Crippen LogP contribution in [0.3, 0.4) is 0 Å². The van der Waals surface area contributed by atoms with Crippen molar-refractivity contribution in [1.82, 2.24) is 9.55 Å². The van der Waals surface area contributed by atoms with E-state index in [0.29, 0.717) is 15.2 Å². The zero-order valence-electron chi connectivity index (χ0n) is 14.9. The fraction of sp³-hybridized carbons (Fsp3) is 0.316. The number of hydrogen-bond acceptors (Lipinski definition) is 5. The van der Waals surface area contributed by atoms with E-state index in [9.17, 15) is 9.59 Å². The lowest BCUT2D eigenvalue weighted by molar-refractivity contribution is -0.151. The van der Waals surface area contributed by atoms with Crippen LogP contribution in [0.1, 0.15) is 31.7 Å². The molecule has 0 aliphatic rings. The first-order chi connectivity index (χ1) is 12.3.